The van der Waals surface area contributed by atoms with E-state index >= 15 is 0 Å². The molecule has 0 saturated carbocycles. The third-order valence-electron chi connectivity index (χ3n) is 7.69. The van der Waals surface area contributed by atoms with Crippen molar-refractivity contribution in [1.29, 1.82) is 0 Å². The minimum absolute atomic E-state index is 1.14. The van der Waals surface area contributed by atoms with E-state index in [-0.39, 0.29) is 0 Å². The van der Waals surface area contributed by atoms with E-state index in [1.807, 2.05) is 23.5 Å². The molecular formula is C38H25NS2. The van der Waals surface area contributed by atoms with E-state index in [4.69, 9.17) is 0 Å². The Morgan fingerprint density at radius 2 is 0.927 bits per heavy atom. The highest BCUT2D eigenvalue weighted by Crippen LogP contribution is 2.49. The van der Waals surface area contributed by atoms with Crippen molar-refractivity contribution >= 4 is 62.1 Å². The first-order valence-electron chi connectivity index (χ1n) is 13.8. The van der Waals surface area contributed by atoms with Gasteiger partial charge < -0.3 is 4.90 Å². The van der Waals surface area contributed by atoms with Crippen molar-refractivity contribution < 1.29 is 0 Å². The van der Waals surface area contributed by atoms with E-state index in [2.05, 4.69) is 157 Å². The SMILES string of the molecule is c1ccc(N(c2ccc(-c3ccc4c(c3)Sc3ccccc3S4)cc2)c2cc3ccccc3c3ccccc23)cc1. The molecule has 0 unspecified atom stereocenters. The fourth-order valence-corrected chi connectivity index (χ4v) is 7.99. The van der Waals surface area contributed by atoms with Gasteiger partial charge in [0.1, 0.15) is 0 Å². The summed E-state index contributed by atoms with van der Waals surface area (Å²) >= 11 is 3.73. The topological polar surface area (TPSA) is 3.24 Å². The smallest absolute Gasteiger partial charge is 0.0546 e. The molecule has 41 heavy (non-hydrogen) atoms. The molecule has 3 heteroatoms. The molecule has 0 N–H and O–H groups in total. The minimum atomic E-state index is 1.14. The fraction of sp³-hybridized carbons (Fsp3) is 0. The van der Waals surface area contributed by atoms with Gasteiger partial charge in [0.05, 0.1) is 5.69 Å². The molecule has 0 atom stereocenters. The van der Waals surface area contributed by atoms with Crippen molar-refractivity contribution in [3.05, 3.63) is 152 Å². The van der Waals surface area contributed by atoms with E-state index in [0.29, 0.717) is 0 Å². The second-order valence-corrected chi connectivity index (χ2v) is 12.4. The van der Waals surface area contributed by atoms with Gasteiger partial charge in [-0.1, -0.05) is 121 Å². The predicted octanol–water partition coefficient (Wildman–Crippen LogP) is 11.7. The summed E-state index contributed by atoms with van der Waals surface area (Å²) < 4.78 is 0. The van der Waals surface area contributed by atoms with Crippen LogP contribution in [0.2, 0.25) is 0 Å². The van der Waals surface area contributed by atoms with Crippen LogP contribution in [0.5, 0.6) is 0 Å². The van der Waals surface area contributed by atoms with E-state index in [1.165, 1.54) is 57.9 Å². The molecule has 0 saturated heterocycles. The van der Waals surface area contributed by atoms with Crippen LogP contribution in [-0.4, -0.2) is 0 Å². The van der Waals surface area contributed by atoms with Gasteiger partial charge in [0.15, 0.2) is 0 Å². The summed E-state index contributed by atoms with van der Waals surface area (Å²) in [6.45, 7) is 0. The summed E-state index contributed by atoms with van der Waals surface area (Å²) in [6, 6.07) is 55.0. The van der Waals surface area contributed by atoms with Crippen LogP contribution < -0.4 is 4.90 Å². The summed E-state index contributed by atoms with van der Waals surface area (Å²) in [5, 5.41) is 5.03. The number of para-hydroxylation sites is 1. The van der Waals surface area contributed by atoms with E-state index < -0.39 is 0 Å². The number of anilines is 3. The van der Waals surface area contributed by atoms with Gasteiger partial charge in [0, 0.05) is 36.3 Å². The molecule has 194 valence electrons. The molecule has 8 rings (SSSR count). The number of hydrogen-bond donors (Lipinski definition) is 0. The zero-order chi connectivity index (χ0) is 27.2. The summed E-state index contributed by atoms with van der Waals surface area (Å²) in [5.74, 6) is 0. The Bertz CT molecular complexity index is 2050. The third kappa shape index (κ3) is 4.39. The molecule has 0 radical (unpaired) electrons. The lowest BCUT2D eigenvalue weighted by molar-refractivity contribution is 1.16. The predicted molar refractivity (Wildman–Crippen MR) is 176 cm³/mol. The maximum absolute atomic E-state index is 2.38. The van der Waals surface area contributed by atoms with Crippen molar-refractivity contribution in [2.45, 2.75) is 19.6 Å². The molecule has 7 aromatic carbocycles. The summed E-state index contributed by atoms with van der Waals surface area (Å²) in [6.07, 6.45) is 0. The molecule has 0 aliphatic carbocycles. The first-order chi connectivity index (χ1) is 20.3. The standard InChI is InChI=1S/C38H25NS2/c1-2-11-29(12-3-1)39(34-24-28-10-4-5-13-31(28)32-14-6-7-15-33(32)34)30-21-18-26(19-22-30)27-20-23-37-38(25-27)41-36-17-9-8-16-35(36)40-37/h1-25H. The molecule has 0 fully saturated rings. The molecule has 0 amide bonds. The quantitative estimate of drug-likeness (QED) is 0.197. The Kier molecular flexibility index (Phi) is 6.06. The van der Waals surface area contributed by atoms with Crippen LogP contribution >= 0.6 is 23.5 Å². The van der Waals surface area contributed by atoms with Crippen molar-refractivity contribution in [2.75, 3.05) is 4.90 Å². The maximum Gasteiger partial charge on any atom is 0.0546 e. The van der Waals surface area contributed by atoms with Crippen LogP contribution in [0, 0.1) is 0 Å². The molecule has 1 nitrogen and oxygen atoms in total. The normalized spacial score (nSPS) is 12.2. The first-order valence-corrected chi connectivity index (χ1v) is 15.4. The molecule has 0 bridgehead atoms. The highest BCUT2D eigenvalue weighted by molar-refractivity contribution is 8.05. The summed E-state index contributed by atoms with van der Waals surface area (Å²) in [7, 11) is 0. The lowest BCUT2D eigenvalue weighted by Crippen LogP contribution is -2.10. The van der Waals surface area contributed by atoms with Crippen molar-refractivity contribution in [3.8, 4) is 11.1 Å². The van der Waals surface area contributed by atoms with Crippen LogP contribution in [0.15, 0.2) is 171 Å². The zero-order valence-corrected chi connectivity index (χ0v) is 23.8. The molecule has 1 aliphatic rings. The Morgan fingerprint density at radius 3 is 1.71 bits per heavy atom. The minimum Gasteiger partial charge on any atom is -0.310 e. The van der Waals surface area contributed by atoms with E-state index in [0.717, 1.165) is 11.4 Å². The molecule has 1 aliphatic heterocycles. The van der Waals surface area contributed by atoms with Gasteiger partial charge in [-0.3, -0.25) is 0 Å². The van der Waals surface area contributed by atoms with Gasteiger partial charge in [0.2, 0.25) is 0 Å². The average Bonchev–Trinajstić information content (AvgIpc) is 3.04. The van der Waals surface area contributed by atoms with Crippen LogP contribution in [0.1, 0.15) is 0 Å². The lowest BCUT2D eigenvalue weighted by Gasteiger charge is -2.27. The second-order valence-electron chi connectivity index (χ2n) is 10.2. The average molecular weight is 560 g/mol. The van der Waals surface area contributed by atoms with Gasteiger partial charge in [-0.05, 0) is 81.9 Å². The summed E-state index contributed by atoms with van der Waals surface area (Å²) in [4.78, 5) is 7.70. The number of hydrogen-bond acceptors (Lipinski definition) is 3. The van der Waals surface area contributed by atoms with E-state index in [1.54, 1.807) is 0 Å². The van der Waals surface area contributed by atoms with Crippen LogP contribution in [-0.2, 0) is 0 Å². The van der Waals surface area contributed by atoms with Crippen LogP contribution in [0.4, 0.5) is 17.1 Å². The van der Waals surface area contributed by atoms with Gasteiger partial charge in [-0.2, -0.15) is 0 Å². The maximum atomic E-state index is 2.38. The number of rotatable bonds is 4. The molecule has 0 spiro atoms. The van der Waals surface area contributed by atoms with Gasteiger partial charge in [-0.25, -0.2) is 0 Å². The molecular weight excluding hydrogens is 535 g/mol. The van der Waals surface area contributed by atoms with Crippen LogP contribution in [0.25, 0.3) is 32.7 Å². The number of fused-ring (bicyclic) bond motifs is 5. The van der Waals surface area contributed by atoms with E-state index in [9.17, 15) is 0 Å². The third-order valence-corrected chi connectivity index (χ3v) is 10.2. The monoisotopic (exact) mass is 559 g/mol. The summed E-state index contributed by atoms with van der Waals surface area (Å²) in [5.41, 5.74) is 5.92. The Morgan fingerprint density at radius 1 is 0.366 bits per heavy atom. The first kappa shape index (κ1) is 24.4. The molecule has 7 aromatic rings. The largest absolute Gasteiger partial charge is 0.310 e. The molecule has 0 aromatic heterocycles. The highest BCUT2D eigenvalue weighted by Gasteiger charge is 2.19. The van der Waals surface area contributed by atoms with Crippen molar-refractivity contribution in [3.63, 3.8) is 0 Å². The number of nitrogens with zero attached hydrogens (tertiary/aromatic N) is 1. The number of benzene rings is 7. The molecule has 1 heterocycles. The van der Waals surface area contributed by atoms with Crippen molar-refractivity contribution in [1.82, 2.24) is 0 Å². The Hall–Kier alpha value is -4.44. The van der Waals surface area contributed by atoms with Crippen LogP contribution in [0.3, 0.4) is 0 Å². The van der Waals surface area contributed by atoms with Gasteiger partial charge in [-0.15, -0.1) is 0 Å². The Balaban J connectivity index is 1.22. The lowest BCUT2D eigenvalue weighted by atomic mass is 9.98. The second kappa shape index (κ2) is 10.2. The van der Waals surface area contributed by atoms with Gasteiger partial charge in [0.25, 0.3) is 0 Å². The zero-order valence-electron chi connectivity index (χ0n) is 22.2. The fourth-order valence-electron chi connectivity index (χ4n) is 5.73. The Labute approximate surface area is 248 Å². The highest BCUT2D eigenvalue weighted by atomic mass is 32.2. The van der Waals surface area contributed by atoms with Crippen molar-refractivity contribution in [2.24, 2.45) is 0 Å². The van der Waals surface area contributed by atoms with Gasteiger partial charge >= 0.3 is 0 Å².